The third-order valence-electron chi connectivity index (χ3n) is 13.7. The van der Waals surface area contributed by atoms with Gasteiger partial charge in [-0.3, -0.25) is 0 Å². The molecule has 0 aromatic heterocycles. The molecule has 0 nitrogen and oxygen atoms in total. The van der Waals surface area contributed by atoms with E-state index in [1.807, 2.05) is 0 Å². The van der Waals surface area contributed by atoms with E-state index in [2.05, 4.69) is 0 Å². The van der Waals surface area contributed by atoms with Crippen molar-refractivity contribution in [2.24, 2.45) is 92.7 Å². The van der Waals surface area contributed by atoms with Crippen molar-refractivity contribution in [2.45, 2.75) is 19.3 Å². The van der Waals surface area contributed by atoms with Gasteiger partial charge in [-0.25, -0.2) is 0 Å². The average molecular weight is 246 g/mol. The summed E-state index contributed by atoms with van der Waals surface area (Å²) < 4.78 is 0. The molecule has 0 bridgehead atoms. The second kappa shape index (κ2) is 1.31. The molecule has 11 aliphatic carbocycles. The average Bonchev–Trinajstić information content (AvgIpc) is 2.29. The lowest BCUT2D eigenvalue weighted by Crippen LogP contribution is -3.23. The fraction of sp³-hybridized carbons (Fsp3) is 1.00. The van der Waals surface area contributed by atoms with Crippen molar-refractivity contribution in [2.75, 3.05) is 0 Å². The van der Waals surface area contributed by atoms with Crippen molar-refractivity contribution in [1.29, 1.82) is 0 Å². The van der Waals surface area contributed by atoms with E-state index in [9.17, 15) is 0 Å². The largest absolute Gasteiger partial charge is 0.0464 e. The third kappa shape index (κ3) is 0.238. The molecule has 0 radical (unpaired) electrons. The molecule has 94 valence electrons. The van der Waals surface area contributed by atoms with Crippen LogP contribution >= 0.6 is 0 Å². The number of hydrogen-bond acceptors (Lipinski definition) is 0. The summed E-state index contributed by atoms with van der Waals surface area (Å²) in [5.41, 5.74) is 4.39. The number of hydrogen-bond donors (Lipinski definition) is 0. The fourth-order valence-corrected chi connectivity index (χ4v) is 15.3. The van der Waals surface area contributed by atoms with E-state index in [-0.39, 0.29) is 0 Å². The molecule has 0 aromatic rings. The van der Waals surface area contributed by atoms with Gasteiger partial charge in [0.15, 0.2) is 0 Å². The highest BCUT2D eigenvalue weighted by Crippen LogP contribution is 3.26. The Balaban J connectivity index is 1.32. The Labute approximate surface area is 112 Å². The van der Waals surface area contributed by atoms with Crippen molar-refractivity contribution in [3.05, 3.63) is 0 Å². The van der Waals surface area contributed by atoms with Gasteiger partial charge in [-0.1, -0.05) is 0 Å². The van der Waals surface area contributed by atoms with Crippen LogP contribution in [0.3, 0.4) is 0 Å². The summed E-state index contributed by atoms with van der Waals surface area (Å²) >= 11 is 0. The molecule has 10 atom stereocenters. The van der Waals surface area contributed by atoms with E-state index in [1.165, 1.54) is 71.0 Å². The minimum absolute atomic E-state index is 1.08. The summed E-state index contributed by atoms with van der Waals surface area (Å²) in [7, 11) is 0. The van der Waals surface area contributed by atoms with Crippen LogP contribution in [-0.2, 0) is 0 Å². The summed E-state index contributed by atoms with van der Waals surface area (Å²) in [5.74, 6) is 16.0. The molecule has 0 aliphatic heterocycles. The number of rotatable bonds is 0. The maximum atomic E-state index is 1.72. The smallest absolute Gasteiger partial charge is 0.00962 e. The second-order valence-corrected chi connectivity index (χ2v) is 11.2. The minimum atomic E-state index is 1.08. The summed E-state index contributed by atoms with van der Waals surface area (Å²) in [5, 5.41) is 0. The Morgan fingerprint density at radius 3 is 1.79 bits per heavy atom. The summed E-state index contributed by atoms with van der Waals surface area (Å²) in [4.78, 5) is 0. The molecule has 0 N–H and O–H groups in total. The molecular formula is C19H18. The monoisotopic (exact) mass is 246 g/mol. The molecule has 11 rings (SSSR count). The van der Waals surface area contributed by atoms with Gasteiger partial charge in [-0.15, -0.1) is 0 Å². The molecule has 0 amide bonds. The topological polar surface area (TPSA) is 0 Å². The standard InChI is InChI=1S/C19H18/c1-4-2-8-13-15-11-6-3-5-9(6)17(11)10(5)14-12-7(1)16(4,8)18(12,13)19(14,15)17/h4-15H,1-3H2. The zero-order valence-electron chi connectivity index (χ0n) is 11.0. The van der Waals surface area contributed by atoms with Crippen LogP contribution in [0, 0.1) is 92.7 Å². The van der Waals surface area contributed by atoms with E-state index < -0.39 is 0 Å². The van der Waals surface area contributed by atoms with E-state index in [1.54, 1.807) is 19.3 Å². The predicted molar refractivity (Wildman–Crippen MR) is 65.5 cm³/mol. The van der Waals surface area contributed by atoms with Crippen LogP contribution in [-0.4, -0.2) is 0 Å². The first-order valence-corrected chi connectivity index (χ1v) is 9.42. The second-order valence-electron chi connectivity index (χ2n) is 11.2. The summed E-state index contributed by atoms with van der Waals surface area (Å²) in [6.07, 6.45) is 5.15. The SMILES string of the molecule is C1C2C3C1C1C4C5C6CC7CC8C9C%10C2C31C%104C95C786. The molecule has 0 saturated heterocycles. The Kier molecular flexibility index (Phi) is 0.505. The van der Waals surface area contributed by atoms with Crippen molar-refractivity contribution in [3.63, 3.8) is 0 Å². The molecule has 0 heteroatoms. The quantitative estimate of drug-likeness (QED) is 0.616. The fourth-order valence-electron chi connectivity index (χ4n) is 15.3. The van der Waals surface area contributed by atoms with E-state index in [0.29, 0.717) is 0 Å². The first kappa shape index (κ1) is 7.32. The van der Waals surface area contributed by atoms with Gasteiger partial charge < -0.3 is 0 Å². The molecule has 4 spiro atoms. The zero-order chi connectivity index (χ0) is 11.0. The maximum Gasteiger partial charge on any atom is -0.00962 e. The summed E-state index contributed by atoms with van der Waals surface area (Å²) in [6, 6.07) is 0. The van der Waals surface area contributed by atoms with Gasteiger partial charge in [0.05, 0.1) is 0 Å². The Bertz CT molecular complexity index is 701. The van der Waals surface area contributed by atoms with Gasteiger partial charge >= 0.3 is 0 Å². The van der Waals surface area contributed by atoms with Gasteiger partial charge in [0.25, 0.3) is 0 Å². The van der Waals surface area contributed by atoms with Crippen LogP contribution in [0.5, 0.6) is 0 Å². The zero-order valence-corrected chi connectivity index (χ0v) is 11.0. The van der Waals surface area contributed by atoms with Crippen molar-refractivity contribution < 1.29 is 0 Å². The van der Waals surface area contributed by atoms with E-state index in [0.717, 1.165) is 21.7 Å². The Hall–Kier alpha value is 0. The Morgan fingerprint density at radius 1 is 0.526 bits per heavy atom. The third-order valence-corrected chi connectivity index (χ3v) is 13.7. The first-order chi connectivity index (χ1) is 9.42. The van der Waals surface area contributed by atoms with Crippen molar-refractivity contribution >= 4 is 0 Å². The van der Waals surface area contributed by atoms with Gasteiger partial charge in [-0.2, -0.15) is 0 Å². The Morgan fingerprint density at radius 2 is 1.16 bits per heavy atom. The number of fused-ring (bicyclic) bond motifs is 8. The van der Waals surface area contributed by atoms with Crippen LogP contribution in [0.15, 0.2) is 0 Å². The van der Waals surface area contributed by atoms with Crippen LogP contribution in [0.2, 0.25) is 0 Å². The van der Waals surface area contributed by atoms with Gasteiger partial charge in [0.1, 0.15) is 0 Å². The predicted octanol–water partition coefficient (Wildman–Crippen LogP) is 2.65. The van der Waals surface area contributed by atoms with Gasteiger partial charge in [0, 0.05) is 0 Å². The van der Waals surface area contributed by atoms with Crippen LogP contribution in [0.4, 0.5) is 0 Å². The van der Waals surface area contributed by atoms with Gasteiger partial charge in [-0.05, 0) is 112 Å². The normalized spacial score (nSPS) is 112. The van der Waals surface area contributed by atoms with Crippen LogP contribution < -0.4 is 0 Å². The molecule has 19 heavy (non-hydrogen) atoms. The molecule has 0 aromatic carbocycles. The molecule has 11 fully saturated rings. The van der Waals surface area contributed by atoms with E-state index in [4.69, 9.17) is 0 Å². The molecular weight excluding hydrogens is 228 g/mol. The lowest BCUT2D eigenvalue weighted by atomic mass is 8.77. The van der Waals surface area contributed by atoms with Crippen LogP contribution in [0.1, 0.15) is 19.3 Å². The lowest BCUT2D eigenvalue weighted by molar-refractivity contribution is -0.802. The van der Waals surface area contributed by atoms with Gasteiger partial charge in [0.2, 0.25) is 0 Å². The van der Waals surface area contributed by atoms with Crippen LogP contribution in [0.25, 0.3) is 0 Å². The first-order valence-electron chi connectivity index (χ1n) is 9.42. The van der Waals surface area contributed by atoms with E-state index >= 15 is 0 Å². The highest BCUT2D eigenvalue weighted by atomic mass is 15.3. The highest BCUT2D eigenvalue weighted by molar-refractivity contribution is 5.69. The molecule has 11 aliphatic rings. The molecule has 11 saturated carbocycles. The molecule has 0 heterocycles. The van der Waals surface area contributed by atoms with Crippen molar-refractivity contribution in [3.8, 4) is 0 Å². The summed E-state index contributed by atoms with van der Waals surface area (Å²) in [6.45, 7) is 0. The maximum absolute atomic E-state index is 1.72. The minimum Gasteiger partial charge on any atom is -0.0464 e. The molecule has 10 unspecified atom stereocenters. The van der Waals surface area contributed by atoms with Crippen molar-refractivity contribution in [1.82, 2.24) is 0 Å². The highest BCUT2D eigenvalue weighted by Gasteiger charge is 3.23. The lowest BCUT2D eigenvalue weighted by Gasteiger charge is -3.26.